The number of anilines is 1. The zero-order chi connectivity index (χ0) is 21.4. The van der Waals surface area contributed by atoms with Crippen molar-refractivity contribution in [3.05, 3.63) is 60.0 Å². The zero-order valence-corrected chi connectivity index (χ0v) is 17.8. The molecule has 2 saturated heterocycles. The summed E-state index contributed by atoms with van der Waals surface area (Å²) in [6.45, 7) is 3.92. The Balaban J connectivity index is 1.22. The van der Waals surface area contributed by atoms with Crippen molar-refractivity contribution < 1.29 is 14.0 Å². The number of fused-ring (bicyclic) bond motifs is 1. The predicted octanol–water partition coefficient (Wildman–Crippen LogP) is 4.15. The minimum Gasteiger partial charge on any atom is -0.440 e. The monoisotopic (exact) mass is 417 g/mol. The number of rotatable bonds is 4. The van der Waals surface area contributed by atoms with Crippen LogP contribution in [0.15, 0.2) is 52.9 Å². The van der Waals surface area contributed by atoms with Gasteiger partial charge in [0.25, 0.3) is 0 Å². The summed E-state index contributed by atoms with van der Waals surface area (Å²) in [5.41, 5.74) is 3.79. The van der Waals surface area contributed by atoms with Crippen LogP contribution in [0.2, 0.25) is 0 Å². The van der Waals surface area contributed by atoms with E-state index in [1.165, 1.54) is 5.56 Å². The Bertz CT molecular complexity index is 1080. The summed E-state index contributed by atoms with van der Waals surface area (Å²) in [7, 11) is 0. The van der Waals surface area contributed by atoms with Gasteiger partial charge < -0.3 is 14.2 Å². The fraction of sp³-hybridized carbons (Fsp3) is 0.400. The first kappa shape index (κ1) is 19.8. The van der Waals surface area contributed by atoms with E-state index in [4.69, 9.17) is 4.42 Å². The number of hydrogen-bond donors (Lipinski definition) is 0. The zero-order valence-electron chi connectivity index (χ0n) is 17.8. The molecule has 0 N–H and O–H groups in total. The third kappa shape index (κ3) is 3.82. The van der Waals surface area contributed by atoms with Crippen LogP contribution in [0.1, 0.15) is 43.6 Å². The highest BCUT2D eigenvalue weighted by Crippen LogP contribution is 2.32. The van der Waals surface area contributed by atoms with Crippen LogP contribution in [0.4, 0.5) is 5.69 Å². The molecule has 3 heterocycles. The van der Waals surface area contributed by atoms with E-state index in [-0.39, 0.29) is 23.7 Å². The smallest absolute Gasteiger partial charge is 0.228 e. The van der Waals surface area contributed by atoms with E-state index >= 15 is 0 Å². The van der Waals surface area contributed by atoms with Crippen molar-refractivity contribution in [2.45, 2.75) is 38.5 Å². The van der Waals surface area contributed by atoms with E-state index in [1.807, 2.05) is 41.3 Å². The molecule has 0 aliphatic carbocycles. The molecule has 3 aromatic rings. The minimum atomic E-state index is -0.265. The van der Waals surface area contributed by atoms with Crippen molar-refractivity contribution in [2.75, 3.05) is 24.5 Å². The summed E-state index contributed by atoms with van der Waals surface area (Å²) < 4.78 is 5.93. The number of oxazole rings is 1. The molecular weight excluding hydrogens is 390 g/mol. The van der Waals surface area contributed by atoms with Gasteiger partial charge >= 0.3 is 0 Å². The highest BCUT2D eigenvalue weighted by atomic mass is 16.3. The fourth-order valence-electron chi connectivity index (χ4n) is 4.74. The molecule has 2 aromatic carbocycles. The Kier molecular flexibility index (Phi) is 5.22. The highest BCUT2D eigenvalue weighted by Gasteiger charge is 2.38. The molecule has 0 spiro atoms. The van der Waals surface area contributed by atoms with Gasteiger partial charge in [-0.1, -0.05) is 31.2 Å². The van der Waals surface area contributed by atoms with Crippen molar-refractivity contribution in [3.63, 3.8) is 0 Å². The van der Waals surface area contributed by atoms with Gasteiger partial charge in [-0.15, -0.1) is 0 Å². The molecule has 6 nitrogen and oxygen atoms in total. The van der Waals surface area contributed by atoms with E-state index in [0.717, 1.165) is 41.9 Å². The van der Waals surface area contributed by atoms with E-state index in [1.54, 1.807) is 4.90 Å². The maximum absolute atomic E-state index is 13.1. The Morgan fingerprint density at radius 1 is 1.13 bits per heavy atom. The van der Waals surface area contributed by atoms with E-state index in [2.05, 4.69) is 24.0 Å². The third-order valence-electron chi connectivity index (χ3n) is 6.57. The van der Waals surface area contributed by atoms with Gasteiger partial charge in [0.15, 0.2) is 11.5 Å². The Labute approximate surface area is 181 Å². The van der Waals surface area contributed by atoms with Gasteiger partial charge in [-0.3, -0.25) is 9.59 Å². The van der Waals surface area contributed by atoms with Crippen LogP contribution in [-0.4, -0.2) is 41.3 Å². The van der Waals surface area contributed by atoms with Crippen molar-refractivity contribution >= 4 is 28.6 Å². The number of amides is 2. The Morgan fingerprint density at radius 3 is 2.71 bits per heavy atom. The number of carbonyl (C=O) groups is 2. The molecular formula is C25H27N3O3. The van der Waals surface area contributed by atoms with E-state index < -0.39 is 0 Å². The summed E-state index contributed by atoms with van der Waals surface area (Å²) in [5.74, 6) is 0.867. The second kappa shape index (κ2) is 8.17. The van der Waals surface area contributed by atoms with Gasteiger partial charge in [-0.25, -0.2) is 4.98 Å². The molecule has 2 fully saturated rings. The molecule has 1 aromatic heterocycles. The average Bonchev–Trinajstić information content (AvgIpc) is 3.42. The molecule has 2 aliphatic rings. The van der Waals surface area contributed by atoms with Gasteiger partial charge in [-0.05, 0) is 49.1 Å². The first-order valence-corrected chi connectivity index (χ1v) is 11.2. The average molecular weight is 418 g/mol. The number of benzene rings is 2. The Morgan fingerprint density at radius 2 is 1.94 bits per heavy atom. The quantitative estimate of drug-likeness (QED) is 0.640. The van der Waals surface area contributed by atoms with E-state index in [9.17, 15) is 9.59 Å². The number of aromatic nitrogens is 1. The molecule has 160 valence electrons. The molecule has 2 amide bonds. The first-order chi connectivity index (χ1) is 15.1. The number of aryl methyl sites for hydroxylation is 1. The van der Waals surface area contributed by atoms with E-state index in [0.29, 0.717) is 26.1 Å². The lowest BCUT2D eigenvalue weighted by molar-refractivity contribution is -0.136. The maximum atomic E-state index is 13.1. The number of carbonyl (C=O) groups excluding carboxylic acids is 2. The van der Waals surface area contributed by atoms with Crippen LogP contribution in [0.3, 0.4) is 0 Å². The van der Waals surface area contributed by atoms with Crippen molar-refractivity contribution in [1.82, 2.24) is 9.88 Å². The van der Waals surface area contributed by atoms with Crippen molar-refractivity contribution in [1.29, 1.82) is 0 Å². The maximum Gasteiger partial charge on any atom is 0.228 e. The second-order valence-electron chi connectivity index (χ2n) is 8.55. The number of hydrogen-bond acceptors (Lipinski definition) is 4. The summed E-state index contributed by atoms with van der Waals surface area (Å²) in [6.07, 6.45) is 2.89. The summed E-state index contributed by atoms with van der Waals surface area (Å²) in [4.78, 5) is 34.1. The number of para-hydroxylation sites is 2. The van der Waals surface area contributed by atoms with Gasteiger partial charge in [0.1, 0.15) is 5.52 Å². The van der Waals surface area contributed by atoms with Crippen molar-refractivity contribution in [2.24, 2.45) is 5.92 Å². The lowest BCUT2D eigenvalue weighted by Crippen LogP contribution is -2.42. The molecule has 5 rings (SSSR count). The number of likely N-dealkylation sites (tertiary alicyclic amines) is 1. The summed E-state index contributed by atoms with van der Waals surface area (Å²) >= 11 is 0. The number of nitrogens with zero attached hydrogens (tertiary/aromatic N) is 3. The van der Waals surface area contributed by atoms with Crippen LogP contribution < -0.4 is 4.90 Å². The molecule has 0 unspecified atom stereocenters. The number of piperidine rings is 1. The molecule has 2 aliphatic heterocycles. The normalized spacial score (nSPS) is 20.0. The van der Waals surface area contributed by atoms with Crippen LogP contribution in [-0.2, 0) is 16.0 Å². The van der Waals surface area contributed by atoms with Crippen LogP contribution in [0, 0.1) is 5.92 Å². The fourth-order valence-corrected chi connectivity index (χ4v) is 4.74. The minimum absolute atomic E-state index is 0.0352. The topological polar surface area (TPSA) is 66.7 Å². The molecule has 31 heavy (non-hydrogen) atoms. The SMILES string of the molecule is CCc1cccc(N2C[C@@H](C(=O)N3CCC(c4nc5ccccc5o4)CC3)CC2=O)c1. The molecule has 0 radical (unpaired) electrons. The Hall–Kier alpha value is -3.15. The molecule has 6 heteroatoms. The largest absolute Gasteiger partial charge is 0.440 e. The third-order valence-corrected chi connectivity index (χ3v) is 6.57. The van der Waals surface area contributed by atoms with Gasteiger partial charge in [0.2, 0.25) is 11.8 Å². The summed E-state index contributed by atoms with van der Waals surface area (Å²) in [6, 6.07) is 15.8. The molecule has 1 atom stereocenters. The lowest BCUT2D eigenvalue weighted by Gasteiger charge is -2.32. The predicted molar refractivity (Wildman–Crippen MR) is 119 cm³/mol. The van der Waals surface area contributed by atoms with Gasteiger partial charge in [-0.2, -0.15) is 0 Å². The second-order valence-corrected chi connectivity index (χ2v) is 8.55. The van der Waals surface area contributed by atoms with Crippen LogP contribution in [0.5, 0.6) is 0 Å². The summed E-state index contributed by atoms with van der Waals surface area (Å²) in [5, 5.41) is 0. The van der Waals surface area contributed by atoms with Crippen LogP contribution in [0.25, 0.3) is 11.1 Å². The van der Waals surface area contributed by atoms with Crippen LogP contribution >= 0.6 is 0 Å². The van der Waals surface area contributed by atoms with Gasteiger partial charge in [0, 0.05) is 37.7 Å². The lowest BCUT2D eigenvalue weighted by atomic mass is 9.95. The highest BCUT2D eigenvalue weighted by molar-refractivity contribution is 6.00. The first-order valence-electron chi connectivity index (χ1n) is 11.2. The van der Waals surface area contributed by atoms with Gasteiger partial charge in [0.05, 0.1) is 5.92 Å². The molecule has 0 bridgehead atoms. The standard InChI is InChI=1S/C25H27N3O3/c1-2-17-6-5-7-20(14-17)28-16-19(15-23(28)29)25(30)27-12-10-18(11-13-27)24-26-21-8-3-4-9-22(21)31-24/h3-9,14,18-19H,2,10-13,15-16H2,1H3/t19-/m0/s1. The van der Waals surface area contributed by atoms with Crippen molar-refractivity contribution in [3.8, 4) is 0 Å². The molecule has 0 saturated carbocycles.